The van der Waals surface area contributed by atoms with Crippen molar-refractivity contribution in [3.05, 3.63) is 39.7 Å². The molecule has 0 saturated heterocycles. The Kier molecular flexibility index (Phi) is 4.74. The van der Waals surface area contributed by atoms with Crippen LogP contribution in [0.3, 0.4) is 0 Å². The summed E-state index contributed by atoms with van der Waals surface area (Å²) in [6.45, 7) is 0.239. The van der Waals surface area contributed by atoms with Crippen LogP contribution in [0.1, 0.15) is 12.0 Å². The molecule has 0 saturated carbocycles. The number of rotatable bonds is 6. The molecule has 0 unspecified atom stereocenters. The molecule has 0 atom stereocenters. The molecule has 0 radical (unpaired) electrons. The predicted octanol–water partition coefficient (Wildman–Crippen LogP) is 0.998. The fourth-order valence-electron chi connectivity index (χ4n) is 1.45. The molecule has 1 aromatic rings. The van der Waals surface area contributed by atoms with Gasteiger partial charge in [-0.2, -0.15) is 0 Å². The predicted molar refractivity (Wildman–Crippen MR) is 64.2 cm³/mol. The number of nitro groups is 1. The molecule has 1 rings (SSSR count). The Bertz CT molecular complexity index is 545. The Balaban J connectivity index is 2.94. The van der Waals surface area contributed by atoms with Gasteiger partial charge in [0.1, 0.15) is 5.82 Å². The largest absolute Gasteiger partial charge is 0.330 e. The van der Waals surface area contributed by atoms with Gasteiger partial charge in [0, 0.05) is 6.07 Å². The molecule has 0 fully saturated rings. The van der Waals surface area contributed by atoms with Crippen LogP contribution in [-0.2, 0) is 15.6 Å². The van der Waals surface area contributed by atoms with Gasteiger partial charge in [-0.15, -0.1) is 0 Å². The van der Waals surface area contributed by atoms with Crippen molar-refractivity contribution in [3.8, 4) is 0 Å². The van der Waals surface area contributed by atoms with Gasteiger partial charge in [-0.3, -0.25) is 10.1 Å². The summed E-state index contributed by atoms with van der Waals surface area (Å²) in [6.07, 6.45) is 0.305. The van der Waals surface area contributed by atoms with E-state index in [1.165, 1.54) is 0 Å². The maximum absolute atomic E-state index is 13.1. The summed E-state index contributed by atoms with van der Waals surface area (Å²) in [5.41, 5.74) is 4.81. The van der Waals surface area contributed by atoms with Crippen LogP contribution in [0.25, 0.3) is 0 Å². The highest BCUT2D eigenvalue weighted by atomic mass is 32.2. The van der Waals surface area contributed by atoms with Crippen molar-refractivity contribution in [1.29, 1.82) is 0 Å². The Morgan fingerprint density at radius 2 is 2.00 bits per heavy atom. The molecular weight excluding hydrogens is 263 g/mol. The zero-order chi connectivity index (χ0) is 13.8. The van der Waals surface area contributed by atoms with Gasteiger partial charge < -0.3 is 5.73 Å². The number of nitrogens with zero attached hydrogens (tertiary/aromatic N) is 1. The minimum absolute atomic E-state index is 0.0683. The van der Waals surface area contributed by atoms with E-state index in [0.29, 0.717) is 6.42 Å². The van der Waals surface area contributed by atoms with Crippen LogP contribution >= 0.6 is 0 Å². The van der Waals surface area contributed by atoms with Gasteiger partial charge in [0.2, 0.25) is 0 Å². The first-order valence-electron chi connectivity index (χ1n) is 5.18. The van der Waals surface area contributed by atoms with Crippen LogP contribution in [0, 0.1) is 15.9 Å². The van der Waals surface area contributed by atoms with Gasteiger partial charge in [0.25, 0.3) is 5.69 Å². The fourth-order valence-corrected chi connectivity index (χ4v) is 2.88. The summed E-state index contributed by atoms with van der Waals surface area (Å²) in [6, 6.07) is 2.78. The third-order valence-electron chi connectivity index (χ3n) is 2.20. The Hall–Kier alpha value is -1.54. The van der Waals surface area contributed by atoms with Crippen molar-refractivity contribution in [2.24, 2.45) is 5.73 Å². The minimum atomic E-state index is -3.43. The maximum atomic E-state index is 13.1. The summed E-state index contributed by atoms with van der Waals surface area (Å²) in [4.78, 5) is 9.75. The van der Waals surface area contributed by atoms with Crippen molar-refractivity contribution in [3.63, 3.8) is 0 Å². The molecule has 0 bridgehead atoms. The van der Waals surface area contributed by atoms with E-state index in [0.717, 1.165) is 18.2 Å². The van der Waals surface area contributed by atoms with E-state index in [-0.39, 0.29) is 17.9 Å². The third kappa shape index (κ3) is 4.38. The van der Waals surface area contributed by atoms with Gasteiger partial charge >= 0.3 is 0 Å². The highest BCUT2D eigenvalue weighted by Gasteiger charge is 2.16. The van der Waals surface area contributed by atoms with Crippen molar-refractivity contribution >= 4 is 15.5 Å². The lowest BCUT2D eigenvalue weighted by Gasteiger charge is -2.04. The van der Waals surface area contributed by atoms with Crippen LogP contribution in [-0.4, -0.2) is 25.6 Å². The Labute approximate surface area is 104 Å². The van der Waals surface area contributed by atoms with Gasteiger partial charge in [-0.25, -0.2) is 12.8 Å². The van der Waals surface area contributed by atoms with Crippen LogP contribution in [0.2, 0.25) is 0 Å². The number of benzene rings is 1. The highest BCUT2D eigenvalue weighted by molar-refractivity contribution is 7.90. The van der Waals surface area contributed by atoms with Crippen molar-refractivity contribution in [2.75, 3.05) is 12.3 Å². The van der Waals surface area contributed by atoms with Gasteiger partial charge in [0.05, 0.1) is 22.5 Å². The molecule has 8 heteroatoms. The summed E-state index contributed by atoms with van der Waals surface area (Å²) in [7, 11) is -3.43. The van der Waals surface area contributed by atoms with E-state index >= 15 is 0 Å². The van der Waals surface area contributed by atoms with Crippen LogP contribution in [0.5, 0.6) is 0 Å². The van der Waals surface area contributed by atoms with Crippen molar-refractivity contribution < 1.29 is 17.7 Å². The van der Waals surface area contributed by atoms with Gasteiger partial charge in [-0.1, -0.05) is 0 Å². The summed E-state index contributed by atoms with van der Waals surface area (Å²) in [5.74, 6) is -1.37. The van der Waals surface area contributed by atoms with E-state index in [1.807, 2.05) is 0 Å². The summed E-state index contributed by atoms with van der Waals surface area (Å²) in [5, 5.41) is 10.5. The second-order valence-corrected chi connectivity index (χ2v) is 5.99. The van der Waals surface area contributed by atoms with Gasteiger partial charge in [-0.05, 0) is 24.6 Å². The molecule has 2 N–H and O–H groups in total. The van der Waals surface area contributed by atoms with Crippen molar-refractivity contribution in [2.45, 2.75) is 12.2 Å². The molecule has 6 nitrogen and oxygen atoms in total. The first-order valence-corrected chi connectivity index (χ1v) is 7.00. The summed E-state index contributed by atoms with van der Waals surface area (Å²) < 4.78 is 36.3. The molecule has 0 aliphatic carbocycles. The SMILES string of the molecule is NCCCS(=O)(=O)Cc1cc(F)cc([N+](=O)[O-])c1. The molecule has 100 valence electrons. The average molecular weight is 276 g/mol. The second kappa shape index (κ2) is 5.87. The van der Waals surface area contributed by atoms with Crippen LogP contribution in [0.15, 0.2) is 18.2 Å². The maximum Gasteiger partial charge on any atom is 0.272 e. The smallest absolute Gasteiger partial charge is 0.272 e. The first kappa shape index (κ1) is 14.5. The number of sulfone groups is 1. The second-order valence-electron chi connectivity index (χ2n) is 3.81. The first-order chi connectivity index (χ1) is 8.34. The molecule has 0 amide bonds. The van der Waals surface area contributed by atoms with E-state index in [1.54, 1.807) is 0 Å². The third-order valence-corrected chi connectivity index (χ3v) is 3.88. The zero-order valence-corrected chi connectivity index (χ0v) is 10.3. The number of hydrogen-bond donors (Lipinski definition) is 1. The molecule has 18 heavy (non-hydrogen) atoms. The highest BCUT2D eigenvalue weighted by Crippen LogP contribution is 2.18. The van der Waals surface area contributed by atoms with E-state index in [2.05, 4.69) is 0 Å². The van der Waals surface area contributed by atoms with Crippen molar-refractivity contribution in [1.82, 2.24) is 0 Å². The molecule has 0 aliphatic heterocycles. The molecule has 1 aromatic carbocycles. The Morgan fingerprint density at radius 1 is 1.33 bits per heavy atom. The van der Waals surface area contributed by atoms with Crippen LogP contribution in [0.4, 0.5) is 10.1 Å². The van der Waals surface area contributed by atoms with E-state index in [9.17, 15) is 22.9 Å². The molecule has 0 aromatic heterocycles. The molecule has 0 heterocycles. The molecule has 0 aliphatic rings. The lowest BCUT2D eigenvalue weighted by atomic mass is 10.2. The standard InChI is InChI=1S/C10H13FN2O4S/c11-9-4-8(5-10(6-9)13(14)15)7-18(16,17)3-1-2-12/h4-6H,1-3,7,12H2. The quantitative estimate of drug-likeness (QED) is 0.616. The monoisotopic (exact) mass is 276 g/mol. The topological polar surface area (TPSA) is 103 Å². The summed E-state index contributed by atoms with van der Waals surface area (Å²) >= 11 is 0. The number of hydrogen-bond acceptors (Lipinski definition) is 5. The van der Waals surface area contributed by atoms with Crippen LogP contribution < -0.4 is 5.73 Å². The normalized spacial score (nSPS) is 11.4. The van der Waals surface area contributed by atoms with Gasteiger partial charge in [0.15, 0.2) is 9.84 Å². The molecule has 0 spiro atoms. The Morgan fingerprint density at radius 3 is 2.56 bits per heavy atom. The fraction of sp³-hybridized carbons (Fsp3) is 0.400. The van der Waals surface area contributed by atoms with E-state index in [4.69, 9.17) is 5.73 Å². The zero-order valence-electron chi connectivity index (χ0n) is 9.50. The number of non-ortho nitro benzene ring substituents is 1. The lowest BCUT2D eigenvalue weighted by molar-refractivity contribution is -0.385. The lowest BCUT2D eigenvalue weighted by Crippen LogP contribution is -2.13. The average Bonchev–Trinajstić information content (AvgIpc) is 2.25. The minimum Gasteiger partial charge on any atom is -0.330 e. The number of halogens is 1. The number of nitrogens with two attached hydrogens (primary N) is 1. The number of nitro benzene ring substituents is 1. The van der Waals surface area contributed by atoms with E-state index < -0.39 is 32.0 Å². The molecular formula is C10H13FN2O4S.